The van der Waals surface area contributed by atoms with Gasteiger partial charge in [-0.15, -0.1) is 11.3 Å². The Morgan fingerprint density at radius 3 is 2.81 bits per heavy atom. The normalized spacial score (nSPS) is 19.8. The van der Waals surface area contributed by atoms with Crippen LogP contribution in [0.5, 0.6) is 0 Å². The zero-order valence-electron chi connectivity index (χ0n) is 10.2. The molecule has 2 heteroatoms. The molecule has 1 unspecified atom stereocenters. The van der Waals surface area contributed by atoms with E-state index in [4.69, 9.17) is 0 Å². The highest BCUT2D eigenvalue weighted by molar-refractivity contribution is 7.09. The lowest BCUT2D eigenvalue weighted by Gasteiger charge is -2.27. The van der Waals surface area contributed by atoms with E-state index in [1.807, 2.05) is 11.3 Å². The van der Waals surface area contributed by atoms with E-state index in [-0.39, 0.29) is 0 Å². The predicted octanol–water partition coefficient (Wildman–Crippen LogP) is 3.99. The molecule has 1 aromatic rings. The van der Waals surface area contributed by atoms with Crippen molar-refractivity contribution in [2.45, 2.75) is 64.0 Å². The summed E-state index contributed by atoms with van der Waals surface area (Å²) in [6.45, 7) is 2.30. The lowest BCUT2D eigenvalue weighted by molar-refractivity contribution is 0.330. The molecule has 1 saturated carbocycles. The van der Waals surface area contributed by atoms with E-state index in [1.165, 1.54) is 49.8 Å². The molecule has 1 N–H and O–H groups in total. The van der Waals surface area contributed by atoms with Crippen molar-refractivity contribution in [3.05, 3.63) is 22.4 Å². The summed E-state index contributed by atoms with van der Waals surface area (Å²) >= 11 is 1.89. The van der Waals surface area contributed by atoms with Crippen LogP contribution in [0.1, 0.15) is 50.3 Å². The van der Waals surface area contributed by atoms with E-state index in [2.05, 4.69) is 29.8 Å². The van der Waals surface area contributed by atoms with Crippen LogP contribution in [-0.2, 0) is 6.42 Å². The summed E-state index contributed by atoms with van der Waals surface area (Å²) in [5, 5.41) is 6.03. The third-order valence-corrected chi connectivity index (χ3v) is 4.50. The van der Waals surface area contributed by atoms with Crippen molar-refractivity contribution in [2.75, 3.05) is 0 Å². The third kappa shape index (κ3) is 3.60. The first kappa shape index (κ1) is 12.1. The van der Waals surface area contributed by atoms with Crippen molar-refractivity contribution in [3.63, 3.8) is 0 Å². The Kier molecular flexibility index (Phi) is 4.86. The highest BCUT2D eigenvalue weighted by atomic mass is 32.1. The zero-order valence-corrected chi connectivity index (χ0v) is 11.1. The molecular formula is C14H23NS. The number of thiophene rings is 1. The van der Waals surface area contributed by atoms with Crippen LogP contribution in [0.2, 0.25) is 0 Å². The Balaban J connectivity index is 1.80. The molecule has 1 aliphatic rings. The average molecular weight is 237 g/mol. The second-order valence-electron chi connectivity index (χ2n) is 4.89. The summed E-state index contributed by atoms with van der Waals surface area (Å²) in [7, 11) is 0. The van der Waals surface area contributed by atoms with Crippen molar-refractivity contribution < 1.29 is 0 Å². The van der Waals surface area contributed by atoms with E-state index in [0.717, 1.165) is 6.04 Å². The van der Waals surface area contributed by atoms with Crippen molar-refractivity contribution in [1.29, 1.82) is 0 Å². The topological polar surface area (TPSA) is 12.0 Å². The van der Waals surface area contributed by atoms with Crippen LogP contribution in [0.3, 0.4) is 0 Å². The van der Waals surface area contributed by atoms with Crippen molar-refractivity contribution >= 4 is 11.3 Å². The molecule has 1 aromatic heterocycles. The molecule has 0 radical (unpaired) electrons. The third-order valence-electron chi connectivity index (χ3n) is 3.60. The molecule has 2 rings (SSSR count). The largest absolute Gasteiger partial charge is 0.311 e. The first-order valence-corrected chi connectivity index (χ1v) is 7.55. The smallest absolute Gasteiger partial charge is 0.0115 e. The maximum Gasteiger partial charge on any atom is 0.0115 e. The first-order valence-electron chi connectivity index (χ1n) is 6.67. The Morgan fingerprint density at radius 1 is 1.38 bits per heavy atom. The zero-order chi connectivity index (χ0) is 11.2. The minimum atomic E-state index is 0.682. The number of rotatable bonds is 5. The fourth-order valence-electron chi connectivity index (χ4n) is 2.60. The average Bonchev–Trinajstić information content (AvgIpc) is 2.82. The maximum absolute atomic E-state index is 3.85. The van der Waals surface area contributed by atoms with Crippen LogP contribution in [0.25, 0.3) is 0 Å². The van der Waals surface area contributed by atoms with Crippen molar-refractivity contribution in [2.24, 2.45) is 0 Å². The van der Waals surface area contributed by atoms with Gasteiger partial charge in [-0.05, 0) is 37.1 Å². The molecule has 0 aliphatic heterocycles. The summed E-state index contributed by atoms with van der Waals surface area (Å²) < 4.78 is 0. The molecule has 1 heterocycles. The molecule has 1 nitrogen and oxygen atoms in total. The Hall–Kier alpha value is -0.340. The van der Waals surface area contributed by atoms with Crippen LogP contribution >= 0.6 is 11.3 Å². The van der Waals surface area contributed by atoms with Gasteiger partial charge in [-0.25, -0.2) is 0 Å². The number of hydrogen-bond donors (Lipinski definition) is 1. The lowest BCUT2D eigenvalue weighted by Crippen LogP contribution is -2.40. The lowest BCUT2D eigenvalue weighted by atomic mass is 9.94. The van der Waals surface area contributed by atoms with Crippen molar-refractivity contribution in [3.8, 4) is 0 Å². The molecule has 1 fully saturated rings. The van der Waals surface area contributed by atoms with Crippen molar-refractivity contribution in [1.82, 2.24) is 5.32 Å². The summed E-state index contributed by atoms with van der Waals surface area (Å²) in [6, 6.07) is 5.89. The predicted molar refractivity (Wildman–Crippen MR) is 72.1 cm³/mol. The Bertz CT molecular complexity index is 275. The summed E-state index contributed by atoms with van der Waals surface area (Å²) in [5.74, 6) is 0. The van der Waals surface area contributed by atoms with E-state index < -0.39 is 0 Å². The highest BCUT2D eigenvalue weighted by Gasteiger charge is 2.17. The van der Waals surface area contributed by atoms with Gasteiger partial charge in [0, 0.05) is 17.0 Å². The SMILES string of the molecule is CCC(Cc1cccs1)NC1CCCCC1. The van der Waals surface area contributed by atoms with Crippen LogP contribution in [0, 0.1) is 0 Å². The van der Waals surface area contributed by atoms with E-state index in [1.54, 1.807) is 0 Å². The fraction of sp³-hybridized carbons (Fsp3) is 0.714. The van der Waals surface area contributed by atoms with Gasteiger partial charge in [0.2, 0.25) is 0 Å². The molecule has 0 saturated heterocycles. The van der Waals surface area contributed by atoms with Gasteiger partial charge in [0.25, 0.3) is 0 Å². The molecule has 0 bridgehead atoms. The van der Waals surface area contributed by atoms with Gasteiger partial charge in [0.1, 0.15) is 0 Å². The second kappa shape index (κ2) is 6.41. The van der Waals surface area contributed by atoms with Crippen LogP contribution in [-0.4, -0.2) is 12.1 Å². The minimum absolute atomic E-state index is 0.682. The molecule has 90 valence electrons. The molecule has 0 amide bonds. The molecule has 1 atom stereocenters. The number of hydrogen-bond acceptors (Lipinski definition) is 2. The van der Waals surface area contributed by atoms with Gasteiger partial charge in [-0.3, -0.25) is 0 Å². The monoisotopic (exact) mass is 237 g/mol. The van der Waals surface area contributed by atoms with Crippen LogP contribution in [0.15, 0.2) is 17.5 Å². The van der Waals surface area contributed by atoms with Gasteiger partial charge >= 0.3 is 0 Å². The van der Waals surface area contributed by atoms with Gasteiger partial charge in [-0.1, -0.05) is 32.3 Å². The van der Waals surface area contributed by atoms with E-state index >= 15 is 0 Å². The summed E-state index contributed by atoms with van der Waals surface area (Å²) in [4.78, 5) is 1.52. The Morgan fingerprint density at radius 2 is 2.19 bits per heavy atom. The van der Waals surface area contributed by atoms with Gasteiger partial charge < -0.3 is 5.32 Å². The maximum atomic E-state index is 3.85. The highest BCUT2D eigenvalue weighted by Crippen LogP contribution is 2.19. The van der Waals surface area contributed by atoms with Crippen LogP contribution in [0.4, 0.5) is 0 Å². The van der Waals surface area contributed by atoms with Gasteiger partial charge in [0.05, 0.1) is 0 Å². The number of nitrogens with one attached hydrogen (secondary N) is 1. The Labute approximate surface area is 103 Å². The standard InChI is InChI=1S/C14H23NS/c1-2-12(11-14-9-6-10-16-14)15-13-7-4-3-5-8-13/h6,9-10,12-13,15H,2-5,7-8,11H2,1H3. The molecular weight excluding hydrogens is 214 g/mol. The van der Waals surface area contributed by atoms with Crippen LogP contribution < -0.4 is 5.32 Å². The molecule has 16 heavy (non-hydrogen) atoms. The summed E-state index contributed by atoms with van der Waals surface area (Å²) in [6.07, 6.45) is 9.53. The van der Waals surface area contributed by atoms with Gasteiger partial charge in [0.15, 0.2) is 0 Å². The molecule has 0 spiro atoms. The van der Waals surface area contributed by atoms with E-state index in [0.29, 0.717) is 6.04 Å². The second-order valence-corrected chi connectivity index (χ2v) is 5.92. The van der Waals surface area contributed by atoms with Gasteiger partial charge in [-0.2, -0.15) is 0 Å². The summed E-state index contributed by atoms with van der Waals surface area (Å²) in [5.41, 5.74) is 0. The molecule has 1 aliphatic carbocycles. The molecule has 0 aromatic carbocycles. The fourth-order valence-corrected chi connectivity index (χ4v) is 3.38. The minimum Gasteiger partial charge on any atom is -0.311 e. The van der Waals surface area contributed by atoms with E-state index in [9.17, 15) is 0 Å². The quantitative estimate of drug-likeness (QED) is 0.816. The first-order chi connectivity index (χ1) is 7.88.